The third kappa shape index (κ3) is 8.41. The van der Waals surface area contributed by atoms with Crippen LogP contribution in [0, 0.1) is 5.92 Å². The Labute approximate surface area is 447 Å². The van der Waals surface area contributed by atoms with Gasteiger partial charge in [-0.25, -0.2) is 0 Å². The highest BCUT2D eigenvalue weighted by atomic mass is 15.1. The minimum atomic E-state index is -0.298. The molecular formula is C74H60N2. The van der Waals surface area contributed by atoms with Gasteiger partial charge in [-0.3, -0.25) is 0 Å². The summed E-state index contributed by atoms with van der Waals surface area (Å²) in [4.78, 5) is 2.47. The number of para-hydroxylation sites is 1. The van der Waals surface area contributed by atoms with Crippen molar-refractivity contribution < 1.29 is 0 Å². The normalized spacial score (nSPS) is 15.6. The summed E-state index contributed by atoms with van der Waals surface area (Å²) < 4.78 is 2.40. The second-order valence-corrected chi connectivity index (χ2v) is 20.8. The van der Waals surface area contributed by atoms with Crippen LogP contribution in [-0.2, 0) is 5.41 Å². The molecule has 0 aliphatic heterocycles. The van der Waals surface area contributed by atoms with Gasteiger partial charge in [0, 0.05) is 38.9 Å². The highest BCUT2D eigenvalue weighted by molar-refractivity contribution is 6.11. The molecule has 0 spiro atoms. The standard InChI is InChI=1S/C74H60N2/c1-3-52-27-29-54(30-28-52)18-8-7-17-47-74(61-21-9-5-10-22-61)70-26-16-15-25-66(70)67-44-43-65(51-71(67)74)75(64-42-37-55-19-13-14-20-58(55)48-64)63-40-35-57(36-41-63)60-39-46-73-69(50-60)68-49-59(56-33-31-53(4-2)32-34-56)38-45-72(68)76(73)62-23-11-6-12-24-62/h3-6,9-16,19-29,31-46,48-51,54H,1-2,7-8,17-18,30,47H2. The lowest BCUT2D eigenvalue weighted by Crippen LogP contribution is -2.27. The fourth-order valence-corrected chi connectivity index (χ4v) is 12.6. The van der Waals surface area contributed by atoms with E-state index in [1.807, 2.05) is 12.2 Å². The Morgan fingerprint density at radius 1 is 0.487 bits per heavy atom. The van der Waals surface area contributed by atoms with E-state index in [0.717, 1.165) is 47.6 Å². The quantitative estimate of drug-likeness (QED) is 0.0930. The Morgan fingerprint density at radius 2 is 1.09 bits per heavy atom. The van der Waals surface area contributed by atoms with Crippen molar-refractivity contribution in [3.8, 4) is 39.1 Å². The Hall–Kier alpha value is -8.98. The van der Waals surface area contributed by atoms with Crippen LogP contribution >= 0.6 is 0 Å². The molecule has 0 N–H and O–H groups in total. The molecule has 2 atom stereocenters. The molecule has 10 aromatic carbocycles. The molecule has 2 unspecified atom stereocenters. The van der Waals surface area contributed by atoms with Crippen molar-refractivity contribution in [3.05, 3.63) is 296 Å². The molecule has 76 heavy (non-hydrogen) atoms. The lowest BCUT2D eigenvalue weighted by molar-refractivity contribution is 0.485. The van der Waals surface area contributed by atoms with Crippen LogP contribution in [0.1, 0.15) is 60.8 Å². The third-order valence-corrected chi connectivity index (χ3v) is 16.5. The predicted octanol–water partition coefficient (Wildman–Crippen LogP) is 20.3. The number of allylic oxidation sites excluding steroid dienone is 5. The van der Waals surface area contributed by atoms with E-state index in [9.17, 15) is 0 Å². The topological polar surface area (TPSA) is 8.17 Å². The van der Waals surface area contributed by atoms with Gasteiger partial charge in [0.2, 0.25) is 0 Å². The maximum absolute atomic E-state index is 3.98. The van der Waals surface area contributed by atoms with Gasteiger partial charge in [0.05, 0.1) is 11.0 Å². The van der Waals surface area contributed by atoms with Crippen LogP contribution in [0.25, 0.3) is 77.7 Å². The number of unbranched alkanes of at least 4 members (excludes halogenated alkanes) is 2. The van der Waals surface area contributed by atoms with E-state index >= 15 is 0 Å². The van der Waals surface area contributed by atoms with E-state index in [0.29, 0.717) is 5.92 Å². The molecule has 1 heterocycles. The number of rotatable bonds is 15. The molecule has 0 radical (unpaired) electrons. The summed E-state index contributed by atoms with van der Waals surface area (Å²) in [5, 5.41) is 4.90. The van der Waals surface area contributed by atoms with Gasteiger partial charge >= 0.3 is 0 Å². The predicted molar refractivity (Wildman–Crippen MR) is 324 cm³/mol. The second kappa shape index (κ2) is 20.0. The lowest BCUT2D eigenvalue weighted by Gasteiger charge is -2.34. The van der Waals surface area contributed by atoms with Crippen LogP contribution in [-0.4, -0.2) is 4.57 Å². The summed E-state index contributed by atoms with van der Waals surface area (Å²) in [6.45, 7) is 7.95. The summed E-state index contributed by atoms with van der Waals surface area (Å²) in [7, 11) is 0. The SMILES string of the molecule is C=CC1=CCC(CCCCCC2(c3ccccc3)c3ccccc3-c3ccc(N(c4ccc(-c5ccc6c(c5)c5cc(-c7ccc(C=C)cc7)ccc5n6-c5ccccc5)cc4)c4ccc5ccccc5c4)cc32)C=C1. The van der Waals surface area contributed by atoms with Gasteiger partial charge in [-0.2, -0.15) is 0 Å². The van der Waals surface area contributed by atoms with E-state index in [1.165, 1.54) is 107 Å². The smallest absolute Gasteiger partial charge is 0.0541 e. The molecule has 0 saturated heterocycles. The zero-order valence-electron chi connectivity index (χ0n) is 43.0. The van der Waals surface area contributed by atoms with Crippen LogP contribution in [0.4, 0.5) is 17.1 Å². The Kier molecular flexibility index (Phi) is 12.3. The molecular weight excluding hydrogens is 917 g/mol. The van der Waals surface area contributed by atoms with E-state index < -0.39 is 0 Å². The number of fused-ring (bicyclic) bond motifs is 7. The number of benzene rings is 10. The zero-order valence-corrected chi connectivity index (χ0v) is 43.0. The van der Waals surface area contributed by atoms with Crippen LogP contribution in [0.5, 0.6) is 0 Å². The van der Waals surface area contributed by atoms with Crippen molar-refractivity contribution in [2.24, 2.45) is 5.92 Å². The van der Waals surface area contributed by atoms with Crippen molar-refractivity contribution in [2.45, 2.75) is 43.9 Å². The van der Waals surface area contributed by atoms with E-state index in [1.54, 1.807) is 0 Å². The summed E-state index contributed by atoms with van der Waals surface area (Å²) >= 11 is 0. The molecule has 0 fully saturated rings. The number of anilines is 3. The summed E-state index contributed by atoms with van der Waals surface area (Å²) in [6.07, 6.45) is 17.8. The van der Waals surface area contributed by atoms with Crippen molar-refractivity contribution >= 4 is 55.7 Å². The fourth-order valence-electron chi connectivity index (χ4n) is 12.6. The largest absolute Gasteiger partial charge is 0.310 e. The molecule has 1 aromatic heterocycles. The fraction of sp³-hybridized carbons (Fsp3) is 0.108. The van der Waals surface area contributed by atoms with Crippen LogP contribution in [0.2, 0.25) is 0 Å². The number of nitrogens with zero attached hydrogens (tertiary/aromatic N) is 2. The van der Waals surface area contributed by atoms with Gasteiger partial charge in [0.15, 0.2) is 0 Å². The maximum atomic E-state index is 3.98. The summed E-state index contributed by atoms with van der Waals surface area (Å²) in [5.41, 5.74) is 20.5. The van der Waals surface area contributed by atoms with E-state index in [4.69, 9.17) is 0 Å². The minimum absolute atomic E-state index is 0.298. The average Bonchev–Trinajstić information content (AvgIpc) is 4.07. The third-order valence-electron chi connectivity index (χ3n) is 16.5. The molecule has 2 aliphatic carbocycles. The highest BCUT2D eigenvalue weighted by Gasteiger charge is 2.44. The maximum Gasteiger partial charge on any atom is 0.0541 e. The molecule has 0 bridgehead atoms. The van der Waals surface area contributed by atoms with E-state index in [-0.39, 0.29) is 5.41 Å². The Balaban J connectivity index is 0.897. The van der Waals surface area contributed by atoms with Gasteiger partial charge in [-0.05, 0) is 170 Å². The van der Waals surface area contributed by atoms with Crippen molar-refractivity contribution in [1.29, 1.82) is 0 Å². The molecule has 2 nitrogen and oxygen atoms in total. The van der Waals surface area contributed by atoms with Crippen molar-refractivity contribution in [1.82, 2.24) is 4.57 Å². The number of hydrogen-bond donors (Lipinski definition) is 0. The first-order chi connectivity index (χ1) is 37.6. The zero-order chi connectivity index (χ0) is 51.0. The number of hydrogen-bond acceptors (Lipinski definition) is 1. The highest BCUT2D eigenvalue weighted by Crippen LogP contribution is 2.56. The molecule has 0 amide bonds. The van der Waals surface area contributed by atoms with E-state index in [2.05, 4.69) is 271 Å². The molecule has 13 rings (SSSR count). The van der Waals surface area contributed by atoms with Gasteiger partial charge in [0.1, 0.15) is 0 Å². The van der Waals surface area contributed by atoms with Gasteiger partial charge < -0.3 is 9.47 Å². The summed E-state index contributed by atoms with van der Waals surface area (Å²) in [6, 6.07) is 86.0. The van der Waals surface area contributed by atoms with Crippen molar-refractivity contribution in [3.63, 3.8) is 0 Å². The minimum Gasteiger partial charge on any atom is -0.310 e. The average molecular weight is 977 g/mol. The van der Waals surface area contributed by atoms with Gasteiger partial charge in [0.25, 0.3) is 0 Å². The lowest BCUT2D eigenvalue weighted by atomic mass is 9.69. The molecule has 0 saturated carbocycles. The Bertz CT molecular complexity index is 4020. The first-order valence-corrected chi connectivity index (χ1v) is 27.1. The van der Waals surface area contributed by atoms with Crippen molar-refractivity contribution in [2.75, 3.05) is 4.90 Å². The second-order valence-electron chi connectivity index (χ2n) is 20.8. The van der Waals surface area contributed by atoms with Gasteiger partial charge in [-0.1, -0.05) is 221 Å². The molecule has 2 heteroatoms. The monoisotopic (exact) mass is 976 g/mol. The van der Waals surface area contributed by atoms with Gasteiger partial charge in [-0.15, -0.1) is 0 Å². The van der Waals surface area contributed by atoms with Crippen LogP contribution in [0.15, 0.2) is 274 Å². The first-order valence-electron chi connectivity index (χ1n) is 27.1. The summed E-state index contributed by atoms with van der Waals surface area (Å²) in [5.74, 6) is 0.606. The molecule has 2 aliphatic rings. The Morgan fingerprint density at radius 3 is 1.79 bits per heavy atom. The first kappa shape index (κ1) is 46.8. The molecule has 366 valence electrons. The number of aromatic nitrogens is 1. The molecule has 11 aromatic rings. The van der Waals surface area contributed by atoms with Crippen LogP contribution in [0.3, 0.4) is 0 Å². The van der Waals surface area contributed by atoms with Crippen LogP contribution < -0.4 is 4.90 Å².